The predicted molar refractivity (Wildman–Crippen MR) is 69.8 cm³/mol. The first-order valence-electron chi connectivity index (χ1n) is 5.62. The molecule has 5 heteroatoms. The number of rotatable bonds is 5. The van der Waals surface area contributed by atoms with E-state index in [1.54, 1.807) is 12.1 Å². The molecule has 0 aliphatic heterocycles. The maximum absolute atomic E-state index is 11.0. The Labute approximate surface area is 101 Å². The molecule has 0 aliphatic rings. The van der Waals surface area contributed by atoms with E-state index >= 15 is 0 Å². The zero-order valence-electron chi connectivity index (χ0n) is 10.4. The average molecular weight is 235 g/mol. The number of nitroso groups, excluding NO2 is 1. The van der Waals surface area contributed by atoms with Crippen molar-refractivity contribution in [2.45, 2.75) is 20.8 Å². The van der Waals surface area contributed by atoms with Crippen molar-refractivity contribution < 1.29 is 4.79 Å². The van der Waals surface area contributed by atoms with Gasteiger partial charge in [-0.25, -0.2) is 0 Å². The molecular formula is C12H17N3O2. The number of carbonyl (C=O) groups excluding carboxylic acids is 1. The monoisotopic (exact) mass is 235 g/mol. The molecule has 1 N–H and O–H groups in total. The van der Waals surface area contributed by atoms with Crippen LogP contribution in [0.25, 0.3) is 0 Å². The van der Waals surface area contributed by atoms with E-state index < -0.39 is 0 Å². The molecule has 1 aromatic carbocycles. The van der Waals surface area contributed by atoms with Gasteiger partial charge < -0.3 is 10.2 Å². The Hall–Kier alpha value is -1.91. The van der Waals surface area contributed by atoms with Crippen molar-refractivity contribution in [1.29, 1.82) is 0 Å². The number of benzene rings is 1. The number of hydrogen-bond acceptors (Lipinski definition) is 4. The summed E-state index contributed by atoms with van der Waals surface area (Å²) in [5.74, 6) is -0.216. The second-order valence-corrected chi connectivity index (χ2v) is 3.65. The van der Waals surface area contributed by atoms with Crippen LogP contribution >= 0.6 is 0 Å². The summed E-state index contributed by atoms with van der Waals surface area (Å²) >= 11 is 0. The van der Waals surface area contributed by atoms with E-state index in [4.69, 9.17) is 0 Å². The molecule has 0 bridgehead atoms. The van der Waals surface area contributed by atoms with Gasteiger partial charge in [0.15, 0.2) is 0 Å². The number of nitrogens with zero attached hydrogens (tertiary/aromatic N) is 2. The third-order valence-electron chi connectivity index (χ3n) is 2.52. The Bertz CT molecular complexity index is 414. The quantitative estimate of drug-likeness (QED) is 0.798. The number of hydrogen-bond donors (Lipinski definition) is 1. The molecule has 1 amide bonds. The van der Waals surface area contributed by atoms with Crippen LogP contribution in [0.4, 0.5) is 17.1 Å². The summed E-state index contributed by atoms with van der Waals surface area (Å²) < 4.78 is 0. The van der Waals surface area contributed by atoms with E-state index in [1.807, 2.05) is 19.9 Å². The highest BCUT2D eigenvalue weighted by molar-refractivity contribution is 5.92. The maximum Gasteiger partial charge on any atom is 0.221 e. The summed E-state index contributed by atoms with van der Waals surface area (Å²) in [6.07, 6.45) is 0. The molecule has 0 spiro atoms. The minimum Gasteiger partial charge on any atom is -0.372 e. The minimum absolute atomic E-state index is 0.216. The fourth-order valence-electron chi connectivity index (χ4n) is 1.68. The smallest absolute Gasteiger partial charge is 0.221 e. The summed E-state index contributed by atoms with van der Waals surface area (Å²) in [6, 6.07) is 5.21. The maximum atomic E-state index is 11.0. The van der Waals surface area contributed by atoms with Crippen LogP contribution in [0.2, 0.25) is 0 Å². The summed E-state index contributed by atoms with van der Waals surface area (Å²) in [5, 5.41) is 5.50. The van der Waals surface area contributed by atoms with Crippen LogP contribution in [0.5, 0.6) is 0 Å². The van der Waals surface area contributed by atoms with Crippen LogP contribution in [0.3, 0.4) is 0 Å². The topological polar surface area (TPSA) is 61.8 Å². The van der Waals surface area contributed by atoms with Crippen molar-refractivity contribution in [2.75, 3.05) is 23.3 Å². The van der Waals surface area contributed by atoms with Crippen molar-refractivity contribution in [3.63, 3.8) is 0 Å². The Morgan fingerprint density at radius 2 is 2.00 bits per heavy atom. The van der Waals surface area contributed by atoms with Crippen molar-refractivity contribution in [3.05, 3.63) is 23.1 Å². The highest BCUT2D eigenvalue weighted by Crippen LogP contribution is 2.29. The van der Waals surface area contributed by atoms with Crippen molar-refractivity contribution in [3.8, 4) is 0 Å². The summed E-state index contributed by atoms with van der Waals surface area (Å²) in [4.78, 5) is 23.8. The lowest BCUT2D eigenvalue weighted by molar-refractivity contribution is -0.114. The number of carbonyl (C=O) groups is 1. The predicted octanol–water partition coefficient (Wildman–Crippen LogP) is 2.89. The van der Waals surface area contributed by atoms with E-state index in [9.17, 15) is 9.70 Å². The second-order valence-electron chi connectivity index (χ2n) is 3.65. The van der Waals surface area contributed by atoms with Crippen molar-refractivity contribution in [1.82, 2.24) is 0 Å². The molecule has 0 saturated carbocycles. The molecule has 0 saturated heterocycles. The Kier molecular flexibility index (Phi) is 4.63. The number of nitrogens with one attached hydrogen (secondary N) is 1. The molecule has 5 nitrogen and oxygen atoms in total. The van der Waals surface area contributed by atoms with E-state index in [-0.39, 0.29) is 11.6 Å². The molecular weight excluding hydrogens is 218 g/mol. The van der Waals surface area contributed by atoms with Crippen LogP contribution in [0.1, 0.15) is 20.8 Å². The molecule has 0 aliphatic carbocycles. The number of anilines is 2. The molecule has 0 fully saturated rings. The van der Waals surface area contributed by atoms with Gasteiger partial charge in [0, 0.05) is 25.7 Å². The highest BCUT2D eigenvalue weighted by atomic mass is 16.3. The van der Waals surface area contributed by atoms with Gasteiger partial charge >= 0.3 is 0 Å². The van der Waals surface area contributed by atoms with Crippen LogP contribution in [-0.4, -0.2) is 19.0 Å². The molecule has 1 rings (SSSR count). The minimum atomic E-state index is -0.216. The molecule has 0 atom stereocenters. The fraction of sp³-hybridized carbons (Fsp3) is 0.417. The number of amides is 1. The first-order chi connectivity index (χ1) is 8.12. The lowest BCUT2D eigenvalue weighted by Gasteiger charge is -2.21. The van der Waals surface area contributed by atoms with Crippen molar-refractivity contribution in [2.24, 2.45) is 5.18 Å². The molecule has 92 valence electrons. The standard InChI is InChI=1S/C12H17N3O2/c1-4-15(5-2)10-6-7-11(14-17)12(8-10)13-9(3)16/h6-8H,4-5H2,1-3H3,(H,13,16). The van der Waals surface area contributed by atoms with Gasteiger partial charge in [-0.2, -0.15) is 0 Å². The van der Waals surface area contributed by atoms with Gasteiger partial charge in [0.05, 0.1) is 5.69 Å². The molecule has 0 unspecified atom stereocenters. The van der Waals surface area contributed by atoms with Gasteiger partial charge in [-0.05, 0) is 37.2 Å². The van der Waals surface area contributed by atoms with Gasteiger partial charge in [-0.1, -0.05) is 0 Å². The van der Waals surface area contributed by atoms with Gasteiger partial charge in [0.2, 0.25) is 5.91 Å². The summed E-state index contributed by atoms with van der Waals surface area (Å²) in [7, 11) is 0. The van der Waals surface area contributed by atoms with Gasteiger partial charge in [0.25, 0.3) is 0 Å². The molecule has 17 heavy (non-hydrogen) atoms. The summed E-state index contributed by atoms with van der Waals surface area (Å²) in [6.45, 7) is 7.23. The zero-order chi connectivity index (χ0) is 12.8. The zero-order valence-corrected chi connectivity index (χ0v) is 10.4. The Morgan fingerprint density at radius 1 is 1.35 bits per heavy atom. The normalized spacial score (nSPS) is 9.82. The van der Waals surface area contributed by atoms with Crippen LogP contribution < -0.4 is 10.2 Å². The van der Waals surface area contributed by atoms with Crippen LogP contribution in [0.15, 0.2) is 23.4 Å². The summed E-state index contributed by atoms with van der Waals surface area (Å²) in [5.41, 5.74) is 1.67. The van der Waals surface area contributed by atoms with Crippen LogP contribution in [0, 0.1) is 4.91 Å². The SMILES string of the molecule is CCN(CC)c1ccc(N=O)c(NC(C)=O)c1. The lowest BCUT2D eigenvalue weighted by atomic mass is 10.2. The van der Waals surface area contributed by atoms with Gasteiger partial charge in [-0.3, -0.25) is 4.79 Å². The van der Waals surface area contributed by atoms with E-state index in [0.29, 0.717) is 5.69 Å². The van der Waals surface area contributed by atoms with E-state index in [1.165, 1.54) is 6.92 Å². The van der Waals surface area contributed by atoms with Gasteiger partial charge in [-0.15, -0.1) is 4.91 Å². The second kappa shape index (κ2) is 5.98. The fourth-order valence-corrected chi connectivity index (χ4v) is 1.68. The third kappa shape index (κ3) is 3.27. The highest BCUT2D eigenvalue weighted by Gasteiger charge is 2.09. The van der Waals surface area contributed by atoms with E-state index in [2.05, 4.69) is 15.4 Å². The van der Waals surface area contributed by atoms with Gasteiger partial charge in [0.1, 0.15) is 5.69 Å². The largest absolute Gasteiger partial charge is 0.372 e. The van der Waals surface area contributed by atoms with Crippen LogP contribution in [-0.2, 0) is 4.79 Å². The lowest BCUT2D eigenvalue weighted by Crippen LogP contribution is -2.21. The average Bonchev–Trinajstić information content (AvgIpc) is 2.30. The first-order valence-corrected chi connectivity index (χ1v) is 5.62. The molecule has 0 radical (unpaired) electrons. The van der Waals surface area contributed by atoms with Crippen molar-refractivity contribution >= 4 is 23.0 Å². The third-order valence-corrected chi connectivity index (χ3v) is 2.52. The Morgan fingerprint density at radius 3 is 2.47 bits per heavy atom. The molecule has 1 aromatic rings. The van der Waals surface area contributed by atoms with E-state index in [0.717, 1.165) is 18.8 Å². The molecule has 0 heterocycles. The Balaban J connectivity index is 3.11. The molecule has 0 aromatic heterocycles. The first kappa shape index (κ1) is 13.2.